The van der Waals surface area contributed by atoms with Crippen LogP contribution in [0, 0.1) is 0 Å². The number of benzene rings is 1. The minimum Gasteiger partial charge on any atom is -0.469 e. The predicted molar refractivity (Wildman–Crippen MR) is 77.2 cm³/mol. The molecule has 0 saturated carbocycles. The van der Waals surface area contributed by atoms with Crippen molar-refractivity contribution in [1.82, 2.24) is 4.90 Å². The highest BCUT2D eigenvalue weighted by Gasteiger charge is 2.37. The van der Waals surface area contributed by atoms with Gasteiger partial charge < -0.3 is 9.84 Å². The van der Waals surface area contributed by atoms with Crippen molar-refractivity contribution in [2.45, 2.75) is 44.3 Å². The molecule has 20 heavy (non-hydrogen) atoms. The monoisotopic (exact) mass is 277 g/mol. The van der Waals surface area contributed by atoms with Gasteiger partial charge in [-0.1, -0.05) is 30.3 Å². The molecule has 1 aromatic rings. The van der Waals surface area contributed by atoms with E-state index < -0.39 is 0 Å². The van der Waals surface area contributed by atoms with Crippen LogP contribution >= 0.6 is 0 Å². The van der Waals surface area contributed by atoms with Crippen molar-refractivity contribution < 1.29 is 14.6 Å². The molecule has 1 heterocycles. The van der Waals surface area contributed by atoms with E-state index in [4.69, 9.17) is 4.74 Å². The second-order valence-corrected chi connectivity index (χ2v) is 5.42. The van der Waals surface area contributed by atoms with Gasteiger partial charge in [0.2, 0.25) is 0 Å². The second-order valence-electron chi connectivity index (χ2n) is 5.42. The first kappa shape index (κ1) is 15.0. The fraction of sp³-hybridized carbons (Fsp3) is 0.562. The summed E-state index contributed by atoms with van der Waals surface area (Å²) >= 11 is 0. The molecule has 0 bridgehead atoms. The van der Waals surface area contributed by atoms with Crippen molar-refractivity contribution in [2.75, 3.05) is 13.7 Å². The lowest BCUT2D eigenvalue weighted by Gasteiger charge is -2.35. The molecule has 4 heteroatoms. The maximum atomic E-state index is 11.6. The van der Waals surface area contributed by atoms with E-state index in [1.165, 1.54) is 7.11 Å². The number of hydrogen-bond donors (Lipinski definition) is 1. The van der Waals surface area contributed by atoms with Crippen molar-refractivity contribution >= 4 is 5.97 Å². The van der Waals surface area contributed by atoms with Crippen LogP contribution < -0.4 is 0 Å². The van der Waals surface area contributed by atoms with Crippen LogP contribution in [0.25, 0.3) is 0 Å². The van der Waals surface area contributed by atoms with Gasteiger partial charge in [-0.25, -0.2) is 0 Å². The molecule has 0 spiro atoms. The van der Waals surface area contributed by atoms with E-state index in [2.05, 4.69) is 11.8 Å². The molecule has 0 amide bonds. The van der Waals surface area contributed by atoms with E-state index >= 15 is 0 Å². The molecule has 1 aliphatic heterocycles. The zero-order valence-electron chi connectivity index (χ0n) is 12.2. The van der Waals surface area contributed by atoms with Crippen molar-refractivity contribution in [3.63, 3.8) is 0 Å². The summed E-state index contributed by atoms with van der Waals surface area (Å²) in [6.07, 6.45) is 2.41. The Morgan fingerprint density at radius 1 is 1.40 bits per heavy atom. The van der Waals surface area contributed by atoms with E-state index in [0.717, 1.165) is 18.4 Å². The highest BCUT2D eigenvalue weighted by molar-refractivity contribution is 5.70. The Labute approximate surface area is 120 Å². The minimum atomic E-state index is -0.182. The van der Waals surface area contributed by atoms with Crippen molar-refractivity contribution in [2.24, 2.45) is 0 Å². The third-order valence-corrected chi connectivity index (χ3v) is 4.20. The summed E-state index contributed by atoms with van der Waals surface area (Å²) in [4.78, 5) is 13.8. The van der Waals surface area contributed by atoms with Gasteiger partial charge in [-0.05, 0) is 25.3 Å². The number of rotatable bonds is 5. The van der Waals surface area contributed by atoms with E-state index in [1.807, 2.05) is 30.3 Å². The van der Waals surface area contributed by atoms with E-state index in [1.54, 1.807) is 0 Å². The number of aliphatic hydroxyl groups is 1. The van der Waals surface area contributed by atoms with Gasteiger partial charge >= 0.3 is 5.97 Å². The lowest BCUT2D eigenvalue weighted by atomic mass is 10.0. The molecule has 3 atom stereocenters. The molecule has 110 valence electrons. The third-order valence-electron chi connectivity index (χ3n) is 4.20. The van der Waals surface area contributed by atoms with Gasteiger partial charge in [0.15, 0.2) is 0 Å². The summed E-state index contributed by atoms with van der Waals surface area (Å²) in [7, 11) is 1.42. The zero-order chi connectivity index (χ0) is 14.5. The molecule has 0 aromatic heterocycles. The zero-order valence-corrected chi connectivity index (χ0v) is 12.2. The Morgan fingerprint density at radius 3 is 2.70 bits per heavy atom. The van der Waals surface area contributed by atoms with Gasteiger partial charge in [0.05, 0.1) is 26.2 Å². The first-order valence-corrected chi connectivity index (χ1v) is 7.17. The van der Waals surface area contributed by atoms with Crippen LogP contribution in [0.1, 0.15) is 37.8 Å². The number of ether oxygens (including phenoxy) is 1. The van der Waals surface area contributed by atoms with Crippen LogP contribution in [-0.2, 0) is 9.53 Å². The summed E-state index contributed by atoms with van der Waals surface area (Å²) in [6, 6.07) is 10.4. The number of nitrogens with zero attached hydrogens (tertiary/aromatic N) is 1. The largest absolute Gasteiger partial charge is 0.469 e. The number of hydrogen-bond acceptors (Lipinski definition) is 4. The molecule has 1 saturated heterocycles. The Morgan fingerprint density at radius 2 is 2.10 bits per heavy atom. The summed E-state index contributed by atoms with van der Waals surface area (Å²) < 4.78 is 4.79. The fourth-order valence-electron chi connectivity index (χ4n) is 3.18. The van der Waals surface area contributed by atoms with Crippen molar-refractivity contribution in [3.05, 3.63) is 35.9 Å². The predicted octanol–water partition coefficient (Wildman–Crippen LogP) is 2.14. The summed E-state index contributed by atoms with van der Waals surface area (Å²) in [6.45, 7) is 2.22. The maximum Gasteiger partial charge on any atom is 0.307 e. The summed E-state index contributed by atoms with van der Waals surface area (Å²) in [5, 5.41) is 9.81. The van der Waals surface area contributed by atoms with Gasteiger partial charge in [-0.15, -0.1) is 0 Å². The topological polar surface area (TPSA) is 49.8 Å². The SMILES string of the molecule is COC(=O)C[C@@H]1CC[C@H](C)N1[C@H](CO)c1ccccc1. The van der Waals surface area contributed by atoms with Gasteiger partial charge in [-0.2, -0.15) is 0 Å². The molecule has 4 nitrogen and oxygen atoms in total. The number of carbonyl (C=O) groups excluding carboxylic acids is 1. The molecule has 1 N–H and O–H groups in total. The molecule has 1 aromatic carbocycles. The first-order chi connectivity index (χ1) is 9.67. The normalized spacial score (nSPS) is 24.6. The van der Waals surface area contributed by atoms with Gasteiger partial charge in [0.1, 0.15) is 0 Å². The molecular formula is C16H23NO3. The fourth-order valence-corrected chi connectivity index (χ4v) is 3.18. The highest BCUT2D eigenvalue weighted by atomic mass is 16.5. The smallest absolute Gasteiger partial charge is 0.307 e. The van der Waals surface area contributed by atoms with Gasteiger partial charge in [0, 0.05) is 12.1 Å². The second kappa shape index (κ2) is 6.86. The van der Waals surface area contributed by atoms with E-state index in [9.17, 15) is 9.90 Å². The molecular weight excluding hydrogens is 254 g/mol. The summed E-state index contributed by atoms with van der Waals surface area (Å²) in [5.74, 6) is -0.182. The molecule has 1 aliphatic rings. The maximum absolute atomic E-state index is 11.6. The van der Waals surface area contributed by atoms with E-state index in [-0.39, 0.29) is 24.7 Å². The standard InChI is InChI=1S/C16H23NO3/c1-12-8-9-14(10-16(19)20-2)17(12)15(11-18)13-6-4-3-5-7-13/h3-7,12,14-15,18H,8-11H2,1-2H3/t12-,14-,15+/m0/s1. The molecule has 1 fully saturated rings. The van der Waals surface area contributed by atoms with Crippen LogP contribution in [0.5, 0.6) is 0 Å². The van der Waals surface area contributed by atoms with Crippen LogP contribution in [0.3, 0.4) is 0 Å². The molecule has 0 aliphatic carbocycles. The number of aliphatic hydroxyl groups excluding tert-OH is 1. The Balaban J connectivity index is 2.19. The Hall–Kier alpha value is -1.39. The first-order valence-electron chi connectivity index (χ1n) is 7.17. The van der Waals surface area contributed by atoms with E-state index in [0.29, 0.717) is 12.5 Å². The van der Waals surface area contributed by atoms with Crippen molar-refractivity contribution in [1.29, 1.82) is 0 Å². The number of esters is 1. The Bertz CT molecular complexity index is 435. The minimum absolute atomic E-state index is 0.0524. The third kappa shape index (κ3) is 3.19. The lowest BCUT2D eigenvalue weighted by Crippen LogP contribution is -2.40. The highest BCUT2D eigenvalue weighted by Crippen LogP contribution is 2.35. The van der Waals surface area contributed by atoms with Crippen LogP contribution in [0.2, 0.25) is 0 Å². The van der Waals surface area contributed by atoms with Gasteiger partial charge in [-0.3, -0.25) is 9.69 Å². The molecule has 0 unspecified atom stereocenters. The van der Waals surface area contributed by atoms with Crippen LogP contribution in [0.4, 0.5) is 0 Å². The van der Waals surface area contributed by atoms with Crippen LogP contribution in [0.15, 0.2) is 30.3 Å². The average molecular weight is 277 g/mol. The van der Waals surface area contributed by atoms with Crippen LogP contribution in [-0.4, -0.2) is 41.8 Å². The lowest BCUT2D eigenvalue weighted by molar-refractivity contribution is -0.142. The average Bonchev–Trinajstić information content (AvgIpc) is 2.82. The Kier molecular flexibility index (Phi) is 5.15. The quantitative estimate of drug-likeness (QED) is 0.838. The van der Waals surface area contributed by atoms with Crippen molar-refractivity contribution in [3.8, 4) is 0 Å². The molecule has 2 rings (SSSR count). The van der Waals surface area contributed by atoms with Gasteiger partial charge in [0.25, 0.3) is 0 Å². The number of likely N-dealkylation sites (tertiary alicyclic amines) is 1. The number of methoxy groups -OCH3 is 1. The summed E-state index contributed by atoms with van der Waals surface area (Å²) in [5.41, 5.74) is 1.10. The molecule has 0 radical (unpaired) electrons. The number of carbonyl (C=O) groups is 1.